The Bertz CT molecular complexity index is 3750. The van der Waals surface area contributed by atoms with Crippen LogP contribution in [0.1, 0.15) is 47.2 Å². The van der Waals surface area contributed by atoms with E-state index < -0.39 is 5.41 Å². The van der Waals surface area contributed by atoms with Gasteiger partial charge < -0.3 is 9.47 Å². The lowest BCUT2D eigenvalue weighted by atomic mass is 9.65. The first kappa shape index (κ1) is 37.2. The summed E-state index contributed by atoms with van der Waals surface area (Å²) in [5.41, 5.74) is 24.4. The number of rotatable bonds is 5. The SMILES string of the molecule is CC1(C)c2ccccc2-c2ccc(N(c3cc4c5c(c3)c3ccccc3n5-c3ccccc3C43c4ccccc4-c4ccccc43)c3ccccc3-c3ccc(-c4ccccc4)cc3)cc21. The zero-order chi connectivity index (χ0) is 43.7. The van der Waals surface area contributed by atoms with Crippen LogP contribution in [0.4, 0.5) is 17.1 Å². The minimum absolute atomic E-state index is 0.172. The van der Waals surface area contributed by atoms with Gasteiger partial charge in [-0.05, 0) is 115 Å². The Morgan fingerprint density at radius 2 is 0.879 bits per heavy atom. The zero-order valence-corrected chi connectivity index (χ0v) is 36.8. The number of aromatic nitrogens is 1. The van der Waals surface area contributed by atoms with E-state index in [0.29, 0.717) is 0 Å². The second-order valence-electron chi connectivity index (χ2n) is 18.8. The van der Waals surface area contributed by atoms with Gasteiger partial charge in [0, 0.05) is 33.1 Å². The molecule has 0 atom stereocenters. The number of benzene rings is 10. The Hall–Kier alpha value is -8.20. The normalized spacial score (nSPS) is 14.2. The van der Waals surface area contributed by atoms with E-state index in [1.165, 1.54) is 105 Å². The molecule has 14 rings (SSSR count). The Labute approximate surface area is 385 Å². The fraction of sp³-hybridized carbons (Fsp3) is 0.0625. The van der Waals surface area contributed by atoms with E-state index in [4.69, 9.17) is 0 Å². The second-order valence-corrected chi connectivity index (χ2v) is 18.8. The van der Waals surface area contributed by atoms with Crippen molar-refractivity contribution in [2.75, 3.05) is 4.90 Å². The van der Waals surface area contributed by atoms with Crippen molar-refractivity contribution in [2.45, 2.75) is 24.7 Å². The topological polar surface area (TPSA) is 8.17 Å². The summed E-state index contributed by atoms with van der Waals surface area (Å²) in [6, 6.07) is 86.4. The summed E-state index contributed by atoms with van der Waals surface area (Å²) in [7, 11) is 0. The van der Waals surface area contributed by atoms with Crippen molar-refractivity contribution in [3.8, 4) is 50.2 Å². The Morgan fingerprint density at radius 1 is 0.348 bits per heavy atom. The molecule has 0 saturated carbocycles. The van der Waals surface area contributed by atoms with Crippen LogP contribution < -0.4 is 4.90 Å². The summed E-state index contributed by atoms with van der Waals surface area (Å²) in [6.07, 6.45) is 0. The standard InChI is InChI=1S/C64H44N2/c1-63(2)53-25-11-6-21-47(53)50-37-36-44(39-57(50)63)65(59-29-15-9-20-46(59)43-34-32-42(33-35-43)41-18-4-3-5-19-41)45-38-52-51-24-10-16-30-60(51)66-61-31-17-14-28-56(61)64(58(40-45)62(52)66)54-26-12-7-22-48(54)49-23-8-13-27-55(49)64/h3-40H,1-2H3. The van der Waals surface area contributed by atoms with E-state index in [1.54, 1.807) is 0 Å². The molecule has 1 aliphatic heterocycles. The summed E-state index contributed by atoms with van der Waals surface area (Å²) in [4.78, 5) is 2.56. The summed E-state index contributed by atoms with van der Waals surface area (Å²) >= 11 is 0. The van der Waals surface area contributed by atoms with Gasteiger partial charge in [0.05, 0.1) is 27.8 Å². The lowest BCUT2D eigenvalue weighted by molar-refractivity contribution is 0.660. The summed E-state index contributed by atoms with van der Waals surface area (Å²) < 4.78 is 2.55. The number of fused-ring (bicyclic) bond motifs is 15. The molecule has 2 heterocycles. The summed E-state index contributed by atoms with van der Waals surface area (Å²) in [5, 5.41) is 2.50. The molecule has 3 aliphatic rings. The highest BCUT2D eigenvalue weighted by atomic mass is 15.1. The van der Waals surface area contributed by atoms with Crippen LogP contribution in [0, 0.1) is 0 Å². The van der Waals surface area contributed by atoms with Crippen LogP contribution in [0.25, 0.3) is 72.0 Å². The third-order valence-corrected chi connectivity index (χ3v) is 15.2. The highest BCUT2D eigenvalue weighted by molar-refractivity contribution is 6.14. The molecule has 0 bridgehead atoms. The van der Waals surface area contributed by atoms with Crippen LogP contribution in [0.2, 0.25) is 0 Å². The quantitative estimate of drug-likeness (QED) is 0.168. The van der Waals surface area contributed by atoms with Crippen molar-refractivity contribution in [1.29, 1.82) is 0 Å². The molecule has 310 valence electrons. The number of para-hydroxylation sites is 3. The number of hydrogen-bond acceptors (Lipinski definition) is 1. The average Bonchev–Trinajstić information content (AvgIpc) is 3.95. The van der Waals surface area contributed by atoms with Crippen molar-refractivity contribution in [2.24, 2.45) is 0 Å². The van der Waals surface area contributed by atoms with Gasteiger partial charge in [0.2, 0.25) is 0 Å². The van der Waals surface area contributed by atoms with Gasteiger partial charge in [0.1, 0.15) is 0 Å². The average molecular weight is 841 g/mol. The van der Waals surface area contributed by atoms with Crippen molar-refractivity contribution in [3.05, 3.63) is 264 Å². The lowest BCUT2D eigenvalue weighted by Gasteiger charge is -2.40. The maximum absolute atomic E-state index is 2.56. The van der Waals surface area contributed by atoms with E-state index >= 15 is 0 Å². The monoisotopic (exact) mass is 840 g/mol. The largest absolute Gasteiger partial charge is 0.310 e. The van der Waals surface area contributed by atoms with Crippen LogP contribution in [0.15, 0.2) is 231 Å². The third-order valence-electron chi connectivity index (χ3n) is 15.2. The minimum Gasteiger partial charge on any atom is -0.310 e. The minimum atomic E-state index is -0.567. The van der Waals surface area contributed by atoms with Gasteiger partial charge in [0.25, 0.3) is 0 Å². The predicted octanol–water partition coefficient (Wildman–Crippen LogP) is 16.6. The Kier molecular flexibility index (Phi) is 7.70. The molecule has 2 heteroatoms. The Balaban J connectivity index is 1.09. The number of anilines is 3. The first-order valence-electron chi connectivity index (χ1n) is 23.2. The van der Waals surface area contributed by atoms with Crippen LogP contribution in [-0.2, 0) is 10.8 Å². The lowest BCUT2D eigenvalue weighted by Crippen LogP contribution is -2.33. The van der Waals surface area contributed by atoms with Crippen molar-refractivity contribution >= 4 is 38.9 Å². The van der Waals surface area contributed by atoms with Crippen LogP contribution >= 0.6 is 0 Å². The molecule has 2 aliphatic carbocycles. The summed E-state index contributed by atoms with van der Waals surface area (Å²) in [5.74, 6) is 0. The highest BCUT2D eigenvalue weighted by Gasteiger charge is 2.51. The predicted molar refractivity (Wildman–Crippen MR) is 275 cm³/mol. The molecule has 0 amide bonds. The fourth-order valence-corrected chi connectivity index (χ4v) is 12.3. The molecule has 66 heavy (non-hydrogen) atoms. The molecule has 0 fully saturated rings. The first-order valence-corrected chi connectivity index (χ1v) is 23.2. The molecule has 0 radical (unpaired) electrons. The van der Waals surface area contributed by atoms with Gasteiger partial charge >= 0.3 is 0 Å². The Morgan fingerprint density at radius 3 is 1.62 bits per heavy atom. The number of hydrogen-bond donors (Lipinski definition) is 0. The van der Waals surface area contributed by atoms with Crippen LogP contribution in [0.5, 0.6) is 0 Å². The maximum atomic E-state index is 2.56. The van der Waals surface area contributed by atoms with Gasteiger partial charge in [-0.2, -0.15) is 0 Å². The summed E-state index contributed by atoms with van der Waals surface area (Å²) in [6.45, 7) is 4.77. The van der Waals surface area contributed by atoms with Crippen molar-refractivity contribution in [3.63, 3.8) is 0 Å². The maximum Gasteiger partial charge on any atom is 0.0755 e. The molecule has 10 aromatic carbocycles. The molecule has 0 unspecified atom stereocenters. The molecule has 11 aromatic rings. The van der Waals surface area contributed by atoms with Gasteiger partial charge in [0.15, 0.2) is 0 Å². The van der Waals surface area contributed by atoms with E-state index in [0.717, 1.165) is 17.1 Å². The van der Waals surface area contributed by atoms with Gasteiger partial charge in [-0.1, -0.05) is 202 Å². The molecular weight excluding hydrogens is 797 g/mol. The molecule has 1 aromatic heterocycles. The first-order chi connectivity index (χ1) is 32.5. The third kappa shape index (κ3) is 4.91. The van der Waals surface area contributed by atoms with Gasteiger partial charge in [-0.3, -0.25) is 0 Å². The van der Waals surface area contributed by atoms with E-state index in [2.05, 4.69) is 254 Å². The molecular formula is C64H44N2. The smallest absolute Gasteiger partial charge is 0.0755 e. The van der Waals surface area contributed by atoms with Crippen molar-refractivity contribution in [1.82, 2.24) is 4.57 Å². The van der Waals surface area contributed by atoms with E-state index in [-0.39, 0.29) is 5.41 Å². The van der Waals surface area contributed by atoms with E-state index in [1.807, 2.05) is 0 Å². The number of nitrogens with zero attached hydrogens (tertiary/aromatic N) is 2. The molecule has 1 spiro atoms. The van der Waals surface area contributed by atoms with Crippen LogP contribution in [-0.4, -0.2) is 4.57 Å². The molecule has 0 N–H and O–H groups in total. The zero-order valence-electron chi connectivity index (χ0n) is 36.8. The van der Waals surface area contributed by atoms with Crippen LogP contribution in [0.3, 0.4) is 0 Å². The second kappa shape index (κ2) is 13.7. The van der Waals surface area contributed by atoms with Crippen molar-refractivity contribution < 1.29 is 0 Å². The fourth-order valence-electron chi connectivity index (χ4n) is 12.3. The highest BCUT2D eigenvalue weighted by Crippen LogP contribution is 2.62. The van der Waals surface area contributed by atoms with E-state index in [9.17, 15) is 0 Å². The molecule has 2 nitrogen and oxygen atoms in total. The molecule has 0 saturated heterocycles. The van der Waals surface area contributed by atoms with Gasteiger partial charge in [-0.15, -0.1) is 0 Å². The van der Waals surface area contributed by atoms with Gasteiger partial charge in [-0.25, -0.2) is 0 Å².